The monoisotopic (exact) mass is 308 g/mol. The molecule has 0 spiro atoms. The number of hydrogen-bond donors (Lipinski definition) is 0. The lowest BCUT2D eigenvalue weighted by Crippen LogP contribution is -1.79. The lowest BCUT2D eigenvalue weighted by atomic mass is 9.99. The van der Waals surface area contributed by atoms with Gasteiger partial charge in [-0.25, -0.2) is 0 Å². The second-order valence-electron chi connectivity index (χ2n) is 6.37. The first-order chi connectivity index (χ1) is 11.8. The van der Waals surface area contributed by atoms with Crippen molar-refractivity contribution in [2.24, 2.45) is 0 Å². The molecule has 24 heavy (non-hydrogen) atoms. The highest BCUT2D eigenvalue weighted by Crippen LogP contribution is 2.33. The minimum atomic E-state index is 0.945. The maximum Gasteiger partial charge on any atom is 0.135 e. The van der Waals surface area contributed by atoms with Crippen LogP contribution in [0.5, 0.6) is 0 Å². The summed E-state index contributed by atoms with van der Waals surface area (Å²) in [5.74, 6) is 0. The van der Waals surface area contributed by atoms with E-state index in [0.29, 0.717) is 0 Å². The van der Waals surface area contributed by atoms with Crippen molar-refractivity contribution in [2.45, 2.75) is 6.92 Å². The zero-order valence-corrected chi connectivity index (χ0v) is 13.4. The minimum Gasteiger partial charge on any atom is -0.456 e. The molecule has 0 atom stereocenters. The molecule has 0 aliphatic heterocycles. The molecule has 114 valence electrons. The van der Waals surface area contributed by atoms with Crippen molar-refractivity contribution >= 4 is 32.7 Å². The molecule has 1 aromatic heterocycles. The van der Waals surface area contributed by atoms with Gasteiger partial charge in [0.1, 0.15) is 11.2 Å². The normalized spacial score (nSPS) is 11.5. The van der Waals surface area contributed by atoms with E-state index in [0.717, 1.165) is 11.2 Å². The molecule has 0 bridgehead atoms. The molecule has 1 heteroatoms. The van der Waals surface area contributed by atoms with Crippen LogP contribution in [0, 0.1) is 6.92 Å². The molecule has 0 N–H and O–H groups in total. The summed E-state index contributed by atoms with van der Waals surface area (Å²) in [5, 5.41) is 4.90. The fourth-order valence-electron chi connectivity index (χ4n) is 3.44. The average Bonchev–Trinajstić information content (AvgIpc) is 2.98. The summed E-state index contributed by atoms with van der Waals surface area (Å²) in [4.78, 5) is 0. The molecular weight excluding hydrogens is 292 g/mol. The first-order valence-electron chi connectivity index (χ1n) is 8.20. The van der Waals surface area contributed by atoms with Crippen molar-refractivity contribution < 1.29 is 4.42 Å². The Bertz CT molecular complexity index is 1210. The van der Waals surface area contributed by atoms with Crippen molar-refractivity contribution in [3.8, 4) is 11.1 Å². The zero-order chi connectivity index (χ0) is 16.1. The van der Waals surface area contributed by atoms with Gasteiger partial charge in [0.15, 0.2) is 0 Å². The lowest BCUT2D eigenvalue weighted by Gasteiger charge is -2.04. The third kappa shape index (κ3) is 2.02. The van der Waals surface area contributed by atoms with Crippen molar-refractivity contribution in [1.29, 1.82) is 0 Å². The van der Waals surface area contributed by atoms with Crippen molar-refractivity contribution in [1.82, 2.24) is 0 Å². The number of hydrogen-bond acceptors (Lipinski definition) is 1. The molecule has 5 rings (SSSR count). The summed E-state index contributed by atoms with van der Waals surface area (Å²) >= 11 is 0. The standard InChI is InChI=1S/C23H16O/c1-15-6-10-22-20(12-15)21-14-19(9-11-23(21)24-22)18-8-7-16-4-2-3-5-17(16)13-18/h2-14H,1H3. The highest BCUT2D eigenvalue weighted by atomic mass is 16.3. The Morgan fingerprint density at radius 1 is 0.583 bits per heavy atom. The number of fused-ring (bicyclic) bond motifs is 4. The zero-order valence-electron chi connectivity index (χ0n) is 13.4. The number of rotatable bonds is 1. The van der Waals surface area contributed by atoms with Gasteiger partial charge in [-0.1, -0.05) is 54.1 Å². The SMILES string of the molecule is Cc1ccc2oc3ccc(-c4ccc5ccccc5c4)cc3c2c1. The lowest BCUT2D eigenvalue weighted by molar-refractivity contribution is 0.669. The third-order valence-electron chi connectivity index (χ3n) is 4.71. The highest BCUT2D eigenvalue weighted by Gasteiger charge is 2.09. The van der Waals surface area contributed by atoms with E-state index in [1.165, 1.54) is 38.2 Å². The van der Waals surface area contributed by atoms with Crippen LogP contribution < -0.4 is 0 Å². The topological polar surface area (TPSA) is 13.1 Å². The Morgan fingerprint density at radius 2 is 1.25 bits per heavy atom. The largest absolute Gasteiger partial charge is 0.456 e. The van der Waals surface area contributed by atoms with Crippen LogP contribution in [0.3, 0.4) is 0 Å². The number of aryl methyl sites for hydroxylation is 1. The fraction of sp³-hybridized carbons (Fsp3) is 0.0435. The molecule has 0 saturated carbocycles. The van der Waals surface area contributed by atoms with Crippen LogP contribution in [-0.2, 0) is 0 Å². The predicted molar refractivity (Wildman–Crippen MR) is 101 cm³/mol. The number of benzene rings is 4. The van der Waals surface area contributed by atoms with E-state index in [1.54, 1.807) is 0 Å². The predicted octanol–water partition coefficient (Wildman–Crippen LogP) is 6.71. The second kappa shape index (κ2) is 4.97. The maximum atomic E-state index is 5.97. The van der Waals surface area contributed by atoms with E-state index in [-0.39, 0.29) is 0 Å². The molecule has 0 aliphatic rings. The molecule has 1 nitrogen and oxygen atoms in total. The Hall–Kier alpha value is -3.06. The van der Waals surface area contributed by atoms with Gasteiger partial charge in [-0.2, -0.15) is 0 Å². The van der Waals surface area contributed by atoms with Crippen LogP contribution in [0.4, 0.5) is 0 Å². The van der Waals surface area contributed by atoms with Gasteiger partial charge < -0.3 is 4.42 Å². The van der Waals surface area contributed by atoms with Crippen LogP contribution in [0.25, 0.3) is 43.8 Å². The van der Waals surface area contributed by atoms with Crippen molar-refractivity contribution in [3.05, 3.63) is 84.4 Å². The van der Waals surface area contributed by atoms with E-state index in [2.05, 4.69) is 85.8 Å². The van der Waals surface area contributed by atoms with E-state index in [9.17, 15) is 0 Å². The van der Waals surface area contributed by atoms with E-state index < -0.39 is 0 Å². The summed E-state index contributed by atoms with van der Waals surface area (Å²) < 4.78 is 5.97. The number of furan rings is 1. The van der Waals surface area contributed by atoms with E-state index in [1.807, 2.05) is 0 Å². The molecule has 4 aromatic carbocycles. The first kappa shape index (κ1) is 13.4. The van der Waals surface area contributed by atoms with Crippen LogP contribution in [0.15, 0.2) is 83.3 Å². The Morgan fingerprint density at radius 3 is 2.12 bits per heavy atom. The van der Waals surface area contributed by atoms with Gasteiger partial charge in [0.05, 0.1) is 0 Å². The van der Waals surface area contributed by atoms with Gasteiger partial charge in [0.25, 0.3) is 0 Å². The average molecular weight is 308 g/mol. The van der Waals surface area contributed by atoms with Gasteiger partial charge in [-0.05, 0) is 59.2 Å². The molecule has 0 radical (unpaired) electrons. The molecule has 0 saturated heterocycles. The highest BCUT2D eigenvalue weighted by molar-refractivity contribution is 6.06. The Balaban J connectivity index is 1.75. The minimum absolute atomic E-state index is 0.945. The molecule has 5 aromatic rings. The van der Waals surface area contributed by atoms with Crippen molar-refractivity contribution in [2.75, 3.05) is 0 Å². The smallest absolute Gasteiger partial charge is 0.135 e. The molecule has 0 amide bonds. The Kier molecular flexibility index (Phi) is 2.77. The summed E-state index contributed by atoms with van der Waals surface area (Å²) in [6.45, 7) is 2.12. The van der Waals surface area contributed by atoms with Gasteiger partial charge in [0.2, 0.25) is 0 Å². The first-order valence-corrected chi connectivity index (χ1v) is 8.20. The van der Waals surface area contributed by atoms with Gasteiger partial charge >= 0.3 is 0 Å². The summed E-state index contributed by atoms with van der Waals surface area (Å²) in [6, 6.07) is 27.9. The maximum absolute atomic E-state index is 5.97. The third-order valence-corrected chi connectivity index (χ3v) is 4.71. The van der Waals surface area contributed by atoms with Gasteiger partial charge in [-0.3, -0.25) is 0 Å². The molecule has 0 fully saturated rings. The van der Waals surface area contributed by atoms with Crippen LogP contribution in [0.2, 0.25) is 0 Å². The van der Waals surface area contributed by atoms with Crippen LogP contribution in [0.1, 0.15) is 5.56 Å². The van der Waals surface area contributed by atoms with Crippen LogP contribution >= 0.6 is 0 Å². The summed E-state index contributed by atoms with van der Waals surface area (Å²) in [6.07, 6.45) is 0. The fourth-order valence-corrected chi connectivity index (χ4v) is 3.44. The van der Waals surface area contributed by atoms with Gasteiger partial charge in [-0.15, -0.1) is 0 Å². The molecule has 0 aliphatic carbocycles. The molecule has 0 unspecified atom stereocenters. The summed E-state index contributed by atoms with van der Waals surface area (Å²) in [5.41, 5.74) is 5.60. The Labute approximate surface area is 140 Å². The molecule has 1 heterocycles. The second-order valence-corrected chi connectivity index (χ2v) is 6.37. The van der Waals surface area contributed by atoms with E-state index >= 15 is 0 Å². The van der Waals surface area contributed by atoms with Gasteiger partial charge in [0, 0.05) is 10.8 Å². The molecular formula is C23H16O. The van der Waals surface area contributed by atoms with E-state index in [4.69, 9.17) is 4.42 Å². The van der Waals surface area contributed by atoms with Crippen LogP contribution in [-0.4, -0.2) is 0 Å². The quantitative estimate of drug-likeness (QED) is 0.335. The summed E-state index contributed by atoms with van der Waals surface area (Å²) in [7, 11) is 0. The van der Waals surface area contributed by atoms with Crippen molar-refractivity contribution in [3.63, 3.8) is 0 Å².